The summed E-state index contributed by atoms with van der Waals surface area (Å²) >= 11 is 3.40. The van der Waals surface area contributed by atoms with Gasteiger partial charge in [0.2, 0.25) is 5.91 Å². The first-order valence-corrected chi connectivity index (χ1v) is 6.83. The summed E-state index contributed by atoms with van der Waals surface area (Å²) < 4.78 is 5.51. The molecule has 4 heteroatoms. The second-order valence-electron chi connectivity index (χ2n) is 3.98. The monoisotopic (exact) mass is 277 g/mol. The third-order valence-electron chi connectivity index (χ3n) is 2.97. The molecule has 1 fully saturated rings. The highest BCUT2D eigenvalue weighted by atomic mass is 79.9. The number of nitrogens with one attached hydrogen (secondary N) is 1. The molecule has 0 aromatic rings. The zero-order chi connectivity index (χ0) is 11.3. The van der Waals surface area contributed by atoms with Crippen molar-refractivity contribution in [1.29, 1.82) is 0 Å². The van der Waals surface area contributed by atoms with Crippen LogP contribution in [0, 0.1) is 5.92 Å². The maximum atomic E-state index is 11.9. The number of halogens is 1. The molecule has 0 spiro atoms. The summed E-state index contributed by atoms with van der Waals surface area (Å²) in [5, 5.41) is 3.88. The Morgan fingerprint density at radius 3 is 2.87 bits per heavy atom. The van der Waals surface area contributed by atoms with E-state index in [2.05, 4.69) is 35.1 Å². The van der Waals surface area contributed by atoms with Crippen molar-refractivity contribution in [2.45, 2.75) is 45.3 Å². The Balaban J connectivity index is 2.45. The molecule has 88 valence electrons. The van der Waals surface area contributed by atoms with Crippen LogP contribution in [0.4, 0.5) is 0 Å². The van der Waals surface area contributed by atoms with Crippen LogP contribution in [-0.2, 0) is 9.53 Å². The summed E-state index contributed by atoms with van der Waals surface area (Å²) in [6.45, 7) is 4.87. The number of alkyl halides is 1. The van der Waals surface area contributed by atoms with E-state index in [1.807, 2.05) is 0 Å². The molecule has 3 unspecified atom stereocenters. The normalized spacial score (nSPS) is 27.7. The molecule has 1 amide bonds. The van der Waals surface area contributed by atoms with E-state index in [0.29, 0.717) is 0 Å². The molecule has 1 N–H and O–H groups in total. The van der Waals surface area contributed by atoms with Gasteiger partial charge in [0, 0.05) is 18.0 Å². The Bertz CT molecular complexity index is 207. The van der Waals surface area contributed by atoms with Crippen LogP contribution in [0.25, 0.3) is 0 Å². The molecule has 0 saturated carbocycles. The minimum atomic E-state index is 0.0584. The lowest BCUT2D eigenvalue weighted by Crippen LogP contribution is -2.41. The van der Waals surface area contributed by atoms with Gasteiger partial charge in [0.1, 0.15) is 0 Å². The van der Waals surface area contributed by atoms with Gasteiger partial charge in [0.25, 0.3) is 0 Å². The van der Waals surface area contributed by atoms with E-state index in [1.165, 1.54) is 0 Å². The summed E-state index contributed by atoms with van der Waals surface area (Å²) in [5.74, 6) is 0.216. The average Bonchev–Trinajstić information content (AvgIpc) is 2.73. The average molecular weight is 278 g/mol. The van der Waals surface area contributed by atoms with E-state index >= 15 is 0 Å². The number of hydrogen-bond donors (Lipinski definition) is 1. The highest BCUT2D eigenvalue weighted by Crippen LogP contribution is 2.23. The van der Waals surface area contributed by atoms with E-state index in [4.69, 9.17) is 4.74 Å². The van der Waals surface area contributed by atoms with Gasteiger partial charge in [-0.3, -0.25) is 4.79 Å². The molecule has 1 saturated heterocycles. The molecule has 3 atom stereocenters. The van der Waals surface area contributed by atoms with Crippen LogP contribution in [-0.4, -0.2) is 30.0 Å². The van der Waals surface area contributed by atoms with Crippen LogP contribution in [0.1, 0.15) is 33.1 Å². The molecule has 1 aliphatic heterocycles. The smallest absolute Gasteiger partial charge is 0.226 e. The van der Waals surface area contributed by atoms with E-state index in [0.717, 1.165) is 31.2 Å². The van der Waals surface area contributed by atoms with E-state index in [1.54, 1.807) is 0 Å². The molecule has 1 rings (SSSR count). The minimum Gasteiger partial charge on any atom is -0.377 e. The van der Waals surface area contributed by atoms with Gasteiger partial charge >= 0.3 is 0 Å². The number of ether oxygens (including phenoxy) is 1. The number of rotatable bonds is 5. The van der Waals surface area contributed by atoms with E-state index in [-0.39, 0.29) is 24.0 Å². The molecule has 15 heavy (non-hydrogen) atoms. The first-order valence-electron chi connectivity index (χ1n) is 5.70. The number of hydrogen-bond acceptors (Lipinski definition) is 2. The number of carbonyl (C=O) groups is 1. The molecule has 1 heterocycles. The number of amides is 1. The van der Waals surface area contributed by atoms with Gasteiger partial charge in [-0.15, -0.1) is 0 Å². The zero-order valence-corrected chi connectivity index (χ0v) is 11.0. The zero-order valence-electron chi connectivity index (χ0n) is 9.46. The van der Waals surface area contributed by atoms with Gasteiger partial charge in [-0.25, -0.2) is 0 Å². The fourth-order valence-electron chi connectivity index (χ4n) is 1.91. The van der Waals surface area contributed by atoms with Gasteiger partial charge in [-0.05, 0) is 19.3 Å². The first-order chi connectivity index (χ1) is 7.22. The predicted octanol–water partition coefficient (Wildman–Crippen LogP) is 2.09. The Hall–Kier alpha value is -0.0900. The highest BCUT2D eigenvalue weighted by molar-refractivity contribution is 9.09. The van der Waals surface area contributed by atoms with Gasteiger partial charge in [0.05, 0.1) is 12.0 Å². The molecule has 0 aliphatic carbocycles. The predicted molar refractivity (Wildman–Crippen MR) is 64.2 cm³/mol. The lowest BCUT2D eigenvalue weighted by Gasteiger charge is -2.20. The minimum absolute atomic E-state index is 0.0584. The largest absolute Gasteiger partial charge is 0.377 e. The maximum Gasteiger partial charge on any atom is 0.226 e. The molecular weight excluding hydrogens is 258 g/mol. The Labute approximate surface area is 100 Å². The Morgan fingerprint density at radius 2 is 2.33 bits per heavy atom. The second-order valence-corrected chi connectivity index (χ2v) is 4.63. The van der Waals surface area contributed by atoms with Crippen molar-refractivity contribution < 1.29 is 9.53 Å². The summed E-state index contributed by atoms with van der Waals surface area (Å²) in [7, 11) is 0. The van der Waals surface area contributed by atoms with E-state index in [9.17, 15) is 4.79 Å². The van der Waals surface area contributed by atoms with Gasteiger partial charge in [-0.1, -0.05) is 29.8 Å². The number of carbonyl (C=O) groups excluding carboxylic acids is 1. The van der Waals surface area contributed by atoms with Crippen molar-refractivity contribution >= 4 is 21.8 Å². The van der Waals surface area contributed by atoms with Crippen LogP contribution in [0.15, 0.2) is 0 Å². The van der Waals surface area contributed by atoms with Crippen LogP contribution in [0.5, 0.6) is 0 Å². The standard InChI is InChI=1S/C11H20BrNO2/c1-3-8(7-12)13-11(14)9-5-6-15-10(9)4-2/h8-10H,3-7H2,1-2H3,(H,13,14). The SMILES string of the molecule is CCC(CBr)NC(=O)C1CCOC1CC. The maximum absolute atomic E-state index is 11.9. The third kappa shape index (κ3) is 3.45. The summed E-state index contributed by atoms with van der Waals surface area (Å²) in [5.41, 5.74) is 0. The van der Waals surface area contributed by atoms with Gasteiger partial charge in [0.15, 0.2) is 0 Å². The lowest BCUT2D eigenvalue weighted by molar-refractivity contribution is -0.127. The molecule has 1 aliphatic rings. The second kappa shape index (κ2) is 6.48. The van der Waals surface area contributed by atoms with Crippen molar-refractivity contribution in [2.75, 3.05) is 11.9 Å². The molecule has 0 bridgehead atoms. The molecule has 0 aromatic carbocycles. The highest BCUT2D eigenvalue weighted by Gasteiger charge is 2.33. The van der Waals surface area contributed by atoms with Crippen LogP contribution in [0.3, 0.4) is 0 Å². The lowest BCUT2D eigenvalue weighted by atomic mass is 9.98. The van der Waals surface area contributed by atoms with Crippen LogP contribution in [0.2, 0.25) is 0 Å². The van der Waals surface area contributed by atoms with Gasteiger partial charge < -0.3 is 10.1 Å². The fraction of sp³-hybridized carbons (Fsp3) is 0.909. The van der Waals surface area contributed by atoms with Crippen molar-refractivity contribution in [3.8, 4) is 0 Å². The summed E-state index contributed by atoms with van der Waals surface area (Å²) in [6, 6.07) is 0.246. The molecule has 0 radical (unpaired) electrons. The Kier molecular flexibility index (Phi) is 5.61. The van der Waals surface area contributed by atoms with Crippen LogP contribution >= 0.6 is 15.9 Å². The summed E-state index contributed by atoms with van der Waals surface area (Å²) in [6.07, 6.45) is 2.87. The topological polar surface area (TPSA) is 38.3 Å². The molecule has 0 aromatic heterocycles. The van der Waals surface area contributed by atoms with Crippen molar-refractivity contribution in [1.82, 2.24) is 5.32 Å². The van der Waals surface area contributed by atoms with Crippen molar-refractivity contribution in [3.63, 3.8) is 0 Å². The van der Waals surface area contributed by atoms with E-state index < -0.39 is 0 Å². The first kappa shape index (κ1) is 13.0. The van der Waals surface area contributed by atoms with Crippen molar-refractivity contribution in [2.24, 2.45) is 5.92 Å². The molecular formula is C11H20BrNO2. The quantitative estimate of drug-likeness (QED) is 0.782. The van der Waals surface area contributed by atoms with Gasteiger partial charge in [-0.2, -0.15) is 0 Å². The summed E-state index contributed by atoms with van der Waals surface area (Å²) in [4.78, 5) is 11.9. The van der Waals surface area contributed by atoms with Crippen molar-refractivity contribution in [3.05, 3.63) is 0 Å². The molecule has 3 nitrogen and oxygen atoms in total. The third-order valence-corrected chi connectivity index (χ3v) is 3.76. The Morgan fingerprint density at radius 1 is 1.60 bits per heavy atom. The fourth-order valence-corrected chi connectivity index (χ4v) is 2.53. The van der Waals surface area contributed by atoms with Crippen LogP contribution < -0.4 is 5.32 Å².